The van der Waals surface area contributed by atoms with Gasteiger partial charge in [-0.1, -0.05) is 13.0 Å². The van der Waals surface area contributed by atoms with Gasteiger partial charge in [0.2, 0.25) is 5.95 Å². The van der Waals surface area contributed by atoms with Gasteiger partial charge < -0.3 is 5.32 Å². The second kappa shape index (κ2) is 4.86. The Bertz CT molecular complexity index is 509. The maximum atomic E-state index is 4.43. The third kappa shape index (κ3) is 2.22. The van der Waals surface area contributed by atoms with Gasteiger partial charge >= 0.3 is 0 Å². The molecule has 0 radical (unpaired) electrons. The van der Waals surface area contributed by atoms with Crippen LogP contribution in [0, 0.1) is 0 Å². The lowest BCUT2D eigenvalue weighted by Crippen LogP contribution is -2.06. The van der Waals surface area contributed by atoms with Crippen LogP contribution >= 0.6 is 0 Å². The summed E-state index contributed by atoms with van der Waals surface area (Å²) in [5, 5.41) is 7.63. The first-order chi connectivity index (χ1) is 8.26. The standard InChI is InChI=1S/C12H17N5/c1-4-6-13-12-14-7-8-17(12)11-9-16(3)15-10(11)5-2/h4,7-9H,1,5-6H2,2-3H3,(H,13,14). The average molecular weight is 231 g/mol. The maximum absolute atomic E-state index is 4.43. The number of rotatable bonds is 5. The van der Waals surface area contributed by atoms with E-state index in [4.69, 9.17) is 0 Å². The van der Waals surface area contributed by atoms with Gasteiger partial charge in [0, 0.05) is 32.2 Å². The Morgan fingerprint density at radius 1 is 1.53 bits per heavy atom. The highest BCUT2D eigenvalue weighted by Crippen LogP contribution is 2.18. The lowest BCUT2D eigenvalue weighted by Gasteiger charge is -2.07. The normalized spacial score (nSPS) is 10.5. The first-order valence-corrected chi connectivity index (χ1v) is 5.67. The van der Waals surface area contributed by atoms with E-state index in [0.717, 1.165) is 23.8 Å². The molecule has 17 heavy (non-hydrogen) atoms. The average Bonchev–Trinajstić information content (AvgIpc) is 2.91. The Morgan fingerprint density at radius 2 is 2.35 bits per heavy atom. The summed E-state index contributed by atoms with van der Waals surface area (Å²) in [5.74, 6) is 0.813. The van der Waals surface area contributed by atoms with Crippen LogP contribution in [0.25, 0.3) is 5.69 Å². The predicted molar refractivity (Wildman–Crippen MR) is 68.4 cm³/mol. The van der Waals surface area contributed by atoms with Crippen molar-refractivity contribution in [3.63, 3.8) is 0 Å². The van der Waals surface area contributed by atoms with Gasteiger partial charge in [0.05, 0.1) is 11.4 Å². The van der Waals surface area contributed by atoms with Gasteiger partial charge in [-0.25, -0.2) is 4.98 Å². The highest BCUT2D eigenvalue weighted by Gasteiger charge is 2.11. The van der Waals surface area contributed by atoms with Crippen molar-refractivity contribution in [3.05, 3.63) is 36.9 Å². The molecule has 0 aromatic carbocycles. The van der Waals surface area contributed by atoms with Gasteiger partial charge in [-0.05, 0) is 6.42 Å². The van der Waals surface area contributed by atoms with Crippen LogP contribution in [-0.4, -0.2) is 25.9 Å². The van der Waals surface area contributed by atoms with Gasteiger partial charge in [0.15, 0.2) is 0 Å². The molecule has 5 nitrogen and oxygen atoms in total. The Hall–Kier alpha value is -2.04. The number of hydrogen-bond donors (Lipinski definition) is 1. The van der Waals surface area contributed by atoms with Crippen LogP contribution in [0.4, 0.5) is 5.95 Å². The molecule has 0 bridgehead atoms. The number of anilines is 1. The zero-order valence-electron chi connectivity index (χ0n) is 10.2. The second-order valence-electron chi connectivity index (χ2n) is 3.78. The van der Waals surface area contributed by atoms with E-state index in [9.17, 15) is 0 Å². The van der Waals surface area contributed by atoms with E-state index in [-0.39, 0.29) is 0 Å². The van der Waals surface area contributed by atoms with Gasteiger partial charge in [-0.15, -0.1) is 6.58 Å². The summed E-state index contributed by atoms with van der Waals surface area (Å²) < 4.78 is 3.83. The molecule has 2 aromatic heterocycles. The van der Waals surface area contributed by atoms with Crippen LogP contribution in [0.1, 0.15) is 12.6 Å². The zero-order chi connectivity index (χ0) is 12.3. The van der Waals surface area contributed by atoms with Crippen molar-refractivity contribution in [2.45, 2.75) is 13.3 Å². The van der Waals surface area contributed by atoms with Crippen LogP contribution in [0.5, 0.6) is 0 Å². The molecular formula is C12H17N5. The fourth-order valence-corrected chi connectivity index (χ4v) is 1.77. The third-order valence-electron chi connectivity index (χ3n) is 2.52. The van der Waals surface area contributed by atoms with Crippen molar-refractivity contribution in [2.24, 2.45) is 7.05 Å². The molecule has 2 heterocycles. The number of imidazole rings is 1. The van der Waals surface area contributed by atoms with Crippen molar-refractivity contribution < 1.29 is 0 Å². The fourth-order valence-electron chi connectivity index (χ4n) is 1.77. The summed E-state index contributed by atoms with van der Waals surface area (Å²) >= 11 is 0. The van der Waals surface area contributed by atoms with Crippen LogP contribution in [-0.2, 0) is 13.5 Å². The van der Waals surface area contributed by atoms with E-state index >= 15 is 0 Å². The molecule has 5 heteroatoms. The molecule has 0 saturated heterocycles. The van der Waals surface area contributed by atoms with E-state index in [1.165, 1.54) is 0 Å². The Labute approximate surface area is 101 Å². The monoisotopic (exact) mass is 231 g/mol. The summed E-state index contributed by atoms with van der Waals surface area (Å²) in [6.45, 7) is 6.47. The lowest BCUT2D eigenvalue weighted by molar-refractivity contribution is 0.746. The van der Waals surface area contributed by atoms with Gasteiger partial charge in [-0.2, -0.15) is 5.10 Å². The van der Waals surface area contributed by atoms with Crippen molar-refractivity contribution in [3.8, 4) is 5.69 Å². The van der Waals surface area contributed by atoms with Gasteiger partial charge in [0.25, 0.3) is 0 Å². The molecule has 1 N–H and O–H groups in total. The largest absolute Gasteiger partial charge is 0.352 e. The topological polar surface area (TPSA) is 47.7 Å². The first kappa shape index (κ1) is 11.4. The number of aromatic nitrogens is 4. The molecule has 0 amide bonds. The molecule has 2 rings (SSSR count). The minimum Gasteiger partial charge on any atom is -0.352 e. The molecule has 2 aromatic rings. The number of hydrogen-bond acceptors (Lipinski definition) is 3. The molecule has 0 aliphatic heterocycles. The van der Waals surface area contributed by atoms with E-state index in [2.05, 4.69) is 28.9 Å². The number of nitrogens with zero attached hydrogens (tertiary/aromatic N) is 4. The molecule has 0 spiro atoms. The van der Waals surface area contributed by atoms with Crippen LogP contribution in [0.3, 0.4) is 0 Å². The molecule has 90 valence electrons. The minimum atomic E-state index is 0.693. The van der Waals surface area contributed by atoms with Crippen molar-refractivity contribution in [1.82, 2.24) is 19.3 Å². The molecule has 0 atom stereocenters. The van der Waals surface area contributed by atoms with E-state index in [1.807, 2.05) is 34.8 Å². The second-order valence-corrected chi connectivity index (χ2v) is 3.78. The summed E-state index contributed by atoms with van der Waals surface area (Å²) in [6.07, 6.45) is 8.41. The Kier molecular flexibility index (Phi) is 3.27. The summed E-state index contributed by atoms with van der Waals surface area (Å²) in [4.78, 5) is 4.28. The number of aryl methyl sites for hydroxylation is 2. The lowest BCUT2D eigenvalue weighted by atomic mass is 10.3. The summed E-state index contributed by atoms with van der Waals surface area (Å²) in [7, 11) is 1.93. The van der Waals surface area contributed by atoms with Crippen LogP contribution in [0.15, 0.2) is 31.2 Å². The Morgan fingerprint density at radius 3 is 3.06 bits per heavy atom. The molecule has 0 fully saturated rings. The number of nitrogens with one attached hydrogen (secondary N) is 1. The maximum Gasteiger partial charge on any atom is 0.207 e. The summed E-state index contributed by atoms with van der Waals surface area (Å²) in [6, 6.07) is 0. The van der Waals surface area contributed by atoms with Crippen LogP contribution in [0.2, 0.25) is 0 Å². The molecular weight excluding hydrogens is 214 g/mol. The van der Waals surface area contributed by atoms with Gasteiger partial charge in [0.1, 0.15) is 0 Å². The molecule has 0 aliphatic carbocycles. The molecule has 0 unspecified atom stereocenters. The van der Waals surface area contributed by atoms with Crippen molar-refractivity contribution in [2.75, 3.05) is 11.9 Å². The van der Waals surface area contributed by atoms with Crippen molar-refractivity contribution >= 4 is 5.95 Å². The quantitative estimate of drug-likeness (QED) is 0.798. The highest BCUT2D eigenvalue weighted by atomic mass is 15.3. The highest BCUT2D eigenvalue weighted by molar-refractivity contribution is 5.43. The van der Waals surface area contributed by atoms with Gasteiger partial charge in [-0.3, -0.25) is 9.25 Å². The molecule has 0 saturated carbocycles. The Balaban J connectivity index is 2.38. The third-order valence-corrected chi connectivity index (χ3v) is 2.52. The van der Waals surface area contributed by atoms with Crippen molar-refractivity contribution in [1.29, 1.82) is 0 Å². The van der Waals surface area contributed by atoms with E-state index in [0.29, 0.717) is 6.54 Å². The zero-order valence-corrected chi connectivity index (χ0v) is 10.2. The SMILES string of the molecule is C=CCNc1nccn1-c1cn(C)nc1CC. The smallest absolute Gasteiger partial charge is 0.207 e. The summed E-state index contributed by atoms with van der Waals surface area (Å²) in [5.41, 5.74) is 2.13. The predicted octanol–water partition coefficient (Wildman–Crippen LogP) is 1.77. The van der Waals surface area contributed by atoms with E-state index < -0.39 is 0 Å². The van der Waals surface area contributed by atoms with E-state index in [1.54, 1.807) is 6.20 Å². The fraction of sp³-hybridized carbons (Fsp3) is 0.333. The minimum absolute atomic E-state index is 0.693. The molecule has 0 aliphatic rings. The van der Waals surface area contributed by atoms with Crippen LogP contribution < -0.4 is 5.32 Å². The first-order valence-electron chi connectivity index (χ1n) is 5.67.